The number of hydrogen-bond acceptors (Lipinski definition) is 5. The molecule has 3 aromatic rings. The van der Waals surface area contributed by atoms with Crippen LogP contribution in [0.15, 0.2) is 69.9 Å². The number of H-pyrrole nitrogens is 1. The zero-order chi connectivity index (χ0) is 18.5. The number of nitrogens with one attached hydrogen (secondary N) is 1. The van der Waals surface area contributed by atoms with Crippen LogP contribution in [-0.4, -0.2) is 15.7 Å². The highest BCUT2D eigenvalue weighted by molar-refractivity contribution is 5.95. The number of azo groups is 1. The third-order valence-electron chi connectivity index (χ3n) is 3.69. The molecule has 0 bridgehead atoms. The van der Waals surface area contributed by atoms with Gasteiger partial charge in [0.2, 0.25) is 0 Å². The SMILES string of the molecule is CCCc1[nH]n(C(=O)c2ccc[n+]([O-])c2)c(=O)c1N=Nc1ccccc1. The fourth-order valence-corrected chi connectivity index (χ4v) is 2.46. The highest BCUT2D eigenvalue weighted by atomic mass is 16.5. The summed E-state index contributed by atoms with van der Waals surface area (Å²) in [4.78, 5) is 25.2. The Morgan fingerprint density at radius 2 is 1.96 bits per heavy atom. The van der Waals surface area contributed by atoms with Crippen molar-refractivity contribution in [3.63, 3.8) is 0 Å². The van der Waals surface area contributed by atoms with Gasteiger partial charge in [0.1, 0.15) is 5.56 Å². The quantitative estimate of drug-likeness (QED) is 0.434. The summed E-state index contributed by atoms with van der Waals surface area (Å²) in [7, 11) is 0. The number of benzene rings is 1. The lowest BCUT2D eigenvalue weighted by molar-refractivity contribution is -0.605. The molecule has 0 fully saturated rings. The minimum absolute atomic E-state index is 0.0926. The molecule has 0 spiro atoms. The summed E-state index contributed by atoms with van der Waals surface area (Å²) in [6.07, 6.45) is 3.67. The van der Waals surface area contributed by atoms with Gasteiger partial charge in [0.05, 0.1) is 11.4 Å². The van der Waals surface area contributed by atoms with Gasteiger partial charge >= 0.3 is 5.56 Å². The maximum Gasteiger partial charge on any atom is 0.302 e. The molecular formula is C18H17N5O3. The van der Waals surface area contributed by atoms with Gasteiger partial charge in [-0.3, -0.25) is 14.7 Å². The average Bonchev–Trinajstić information content (AvgIpc) is 2.96. The predicted octanol–water partition coefficient (Wildman–Crippen LogP) is 2.87. The number of aryl methyl sites for hydroxylation is 1. The molecule has 8 nitrogen and oxygen atoms in total. The summed E-state index contributed by atoms with van der Waals surface area (Å²) in [5.74, 6) is -0.626. The van der Waals surface area contributed by atoms with E-state index < -0.39 is 11.5 Å². The molecule has 0 aliphatic carbocycles. The largest absolute Gasteiger partial charge is 0.619 e. The van der Waals surface area contributed by atoms with Crippen LogP contribution in [0.5, 0.6) is 0 Å². The minimum atomic E-state index is -0.626. The zero-order valence-electron chi connectivity index (χ0n) is 14.1. The Hall–Kier alpha value is -3.55. The highest BCUT2D eigenvalue weighted by Gasteiger charge is 2.20. The van der Waals surface area contributed by atoms with Gasteiger partial charge in [-0.25, -0.2) is 0 Å². The Bertz CT molecular complexity index is 1010. The van der Waals surface area contributed by atoms with Crippen molar-refractivity contribution in [1.29, 1.82) is 0 Å². The van der Waals surface area contributed by atoms with E-state index in [2.05, 4.69) is 15.3 Å². The van der Waals surface area contributed by atoms with E-state index in [1.54, 1.807) is 12.1 Å². The van der Waals surface area contributed by atoms with Crippen molar-refractivity contribution in [2.75, 3.05) is 0 Å². The van der Waals surface area contributed by atoms with Crippen molar-refractivity contribution in [3.05, 3.63) is 81.7 Å². The van der Waals surface area contributed by atoms with Crippen LogP contribution in [0, 0.1) is 5.21 Å². The maximum absolute atomic E-state index is 12.7. The van der Waals surface area contributed by atoms with Crippen molar-refractivity contribution in [1.82, 2.24) is 9.78 Å². The highest BCUT2D eigenvalue weighted by Crippen LogP contribution is 2.19. The zero-order valence-corrected chi connectivity index (χ0v) is 14.1. The van der Waals surface area contributed by atoms with E-state index in [0.29, 0.717) is 22.5 Å². The fourth-order valence-electron chi connectivity index (χ4n) is 2.46. The van der Waals surface area contributed by atoms with E-state index in [4.69, 9.17) is 0 Å². The van der Waals surface area contributed by atoms with Gasteiger partial charge in [0.25, 0.3) is 5.91 Å². The molecule has 0 atom stereocenters. The van der Waals surface area contributed by atoms with Crippen LogP contribution < -0.4 is 10.3 Å². The smallest absolute Gasteiger partial charge is 0.302 e. The first-order chi connectivity index (χ1) is 12.6. The fraction of sp³-hybridized carbons (Fsp3) is 0.167. The van der Waals surface area contributed by atoms with Crippen LogP contribution >= 0.6 is 0 Å². The number of pyridine rings is 1. The van der Waals surface area contributed by atoms with Crippen molar-refractivity contribution in [3.8, 4) is 0 Å². The molecule has 1 aromatic carbocycles. The second-order valence-corrected chi connectivity index (χ2v) is 5.62. The monoisotopic (exact) mass is 351 g/mol. The number of aromatic amines is 1. The first kappa shape index (κ1) is 17.3. The number of rotatable bonds is 5. The molecule has 0 unspecified atom stereocenters. The third kappa shape index (κ3) is 3.59. The molecule has 3 rings (SSSR count). The van der Waals surface area contributed by atoms with Gasteiger partial charge in [-0.2, -0.15) is 14.5 Å². The molecule has 0 aliphatic rings. The molecule has 26 heavy (non-hydrogen) atoms. The van der Waals surface area contributed by atoms with E-state index in [1.807, 2.05) is 25.1 Å². The Kier molecular flexibility index (Phi) is 5.02. The first-order valence-corrected chi connectivity index (χ1v) is 8.14. The number of nitrogens with zero attached hydrogens (tertiary/aromatic N) is 4. The number of carbonyl (C=O) groups is 1. The van der Waals surface area contributed by atoms with Crippen LogP contribution in [0.2, 0.25) is 0 Å². The summed E-state index contributed by atoms with van der Waals surface area (Å²) in [5.41, 5.74) is 0.718. The van der Waals surface area contributed by atoms with E-state index in [9.17, 15) is 14.8 Å². The van der Waals surface area contributed by atoms with Crippen LogP contribution in [0.25, 0.3) is 0 Å². The lowest BCUT2D eigenvalue weighted by Crippen LogP contribution is -2.30. The van der Waals surface area contributed by atoms with E-state index in [1.165, 1.54) is 18.3 Å². The van der Waals surface area contributed by atoms with Gasteiger partial charge in [-0.1, -0.05) is 31.5 Å². The van der Waals surface area contributed by atoms with Crippen LogP contribution in [0.3, 0.4) is 0 Å². The van der Waals surface area contributed by atoms with E-state index >= 15 is 0 Å². The summed E-state index contributed by atoms with van der Waals surface area (Å²) in [6, 6.07) is 11.9. The number of carbonyl (C=O) groups excluding carboxylic acids is 1. The molecule has 8 heteroatoms. The van der Waals surface area contributed by atoms with Gasteiger partial charge < -0.3 is 5.21 Å². The maximum atomic E-state index is 12.7. The molecule has 0 saturated heterocycles. The van der Waals surface area contributed by atoms with Crippen LogP contribution in [0.1, 0.15) is 29.4 Å². The second-order valence-electron chi connectivity index (χ2n) is 5.62. The lowest BCUT2D eigenvalue weighted by Gasteiger charge is -2.01. The number of aromatic nitrogens is 3. The summed E-state index contributed by atoms with van der Waals surface area (Å²) in [5, 5.41) is 22.3. The predicted molar refractivity (Wildman–Crippen MR) is 94.8 cm³/mol. The second kappa shape index (κ2) is 7.56. The normalized spacial score (nSPS) is 11.1. The molecule has 1 N–H and O–H groups in total. The average molecular weight is 351 g/mol. The first-order valence-electron chi connectivity index (χ1n) is 8.14. The summed E-state index contributed by atoms with van der Waals surface area (Å²) < 4.78 is 1.36. The van der Waals surface area contributed by atoms with Crippen LogP contribution in [-0.2, 0) is 6.42 Å². The van der Waals surface area contributed by atoms with Gasteiger partial charge in [0, 0.05) is 6.07 Å². The molecule has 0 amide bonds. The molecule has 0 radical (unpaired) electrons. The molecular weight excluding hydrogens is 334 g/mol. The summed E-state index contributed by atoms with van der Waals surface area (Å²) in [6.45, 7) is 1.95. The Morgan fingerprint density at radius 1 is 1.19 bits per heavy atom. The van der Waals surface area contributed by atoms with Crippen LogP contribution in [0.4, 0.5) is 11.4 Å². The Balaban J connectivity index is 2.01. The minimum Gasteiger partial charge on any atom is -0.619 e. The van der Waals surface area contributed by atoms with Crippen molar-refractivity contribution in [2.45, 2.75) is 19.8 Å². The van der Waals surface area contributed by atoms with Gasteiger partial charge in [-0.05, 0) is 24.6 Å². The Morgan fingerprint density at radius 3 is 2.65 bits per heavy atom. The van der Waals surface area contributed by atoms with E-state index in [-0.39, 0.29) is 11.3 Å². The molecule has 0 saturated carbocycles. The molecule has 132 valence electrons. The topological polar surface area (TPSA) is 107 Å². The molecule has 2 heterocycles. The van der Waals surface area contributed by atoms with E-state index in [0.717, 1.165) is 17.3 Å². The standard InChI is InChI=1S/C18H17N5O3/c1-2-7-15-16(20-19-14-9-4-3-5-10-14)18(25)23(21-15)17(24)13-8-6-11-22(26)12-13/h3-6,8-12,21H,2,7H2,1H3. The van der Waals surface area contributed by atoms with Crippen molar-refractivity contribution >= 4 is 17.3 Å². The summed E-state index contributed by atoms with van der Waals surface area (Å²) >= 11 is 0. The number of hydrogen-bond donors (Lipinski definition) is 1. The van der Waals surface area contributed by atoms with Crippen molar-refractivity contribution in [2.24, 2.45) is 10.2 Å². The molecule has 0 aliphatic heterocycles. The molecule has 2 aromatic heterocycles. The lowest BCUT2D eigenvalue weighted by atomic mass is 10.2. The third-order valence-corrected chi connectivity index (χ3v) is 3.69. The Labute approximate surface area is 149 Å². The van der Waals surface area contributed by atoms with Gasteiger partial charge in [0.15, 0.2) is 18.1 Å². The van der Waals surface area contributed by atoms with Gasteiger partial charge in [-0.15, -0.1) is 5.11 Å². The van der Waals surface area contributed by atoms with Crippen molar-refractivity contribution < 1.29 is 9.52 Å².